The van der Waals surface area contributed by atoms with Gasteiger partial charge in [-0.2, -0.15) is 0 Å². The highest BCUT2D eigenvalue weighted by Gasteiger charge is 2.32. The number of carbonyl (C=O) groups excluding carboxylic acids is 1. The van der Waals surface area contributed by atoms with E-state index in [1.54, 1.807) is 24.3 Å². The number of nitrogens with zero attached hydrogens (tertiary/aromatic N) is 2. The van der Waals surface area contributed by atoms with E-state index >= 15 is 0 Å². The third kappa shape index (κ3) is 5.21. The minimum atomic E-state index is -0.226. The molecule has 3 rings (SSSR count). The van der Waals surface area contributed by atoms with Crippen LogP contribution in [-0.2, 0) is 11.3 Å². The number of amides is 1. The van der Waals surface area contributed by atoms with Crippen molar-refractivity contribution in [2.75, 3.05) is 19.7 Å². The Kier molecular flexibility index (Phi) is 6.34. The van der Waals surface area contributed by atoms with E-state index in [9.17, 15) is 9.18 Å². The van der Waals surface area contributed by atoms with Crippen LogP contribution < -0.4 is 4.74 Å². The van der Waals surface area contributed by atoms with Gasteiger partial charge in [0.2, 0.25) is 0 Å². The Labute approximate surface area is 164 Å². The van der Waals surface area contributed by atoms with Gasteiger partial charge in [-0.3, -0.25) is 9.69 Å². The van der Waals surface area contributed by atoms with Gasteiger partial charge in [-0.05, 0) is 55.8 Å². The Morgan fingerprint density at radius 3 is 2.41 bits per heavy atom. The lowest BCUT2D eigenvalue weighted by atomic mass is 10.1. The second kappa shape index (κ2) is 8.72. The summed E-state index contributed by atoms with van der Waals surface area (Å²) in [5, 5.41) is 0.633. The van der Waals surface area contributed by atoms with Crippen LogP contribution in [0, 0.1) is 5.82 Å². The molecule has 1 amide bonds. The minimum absolute atomic E-state index is 0.0106. The maximum Gasteiger partial charge on any atom is 0.260 e. The van der Waals surface area contributed by atoms with E-state index in [1.807, 2.05) is 24.0 Å². The summed E-state index contributed by atoms with van der Waals surface area (Å²) < 4.78 is 18.7. The first-order valence-corrected chi connectivity index (χ1v) is 9.46. The quantitative estimate of drug-likeness (QED) is 0.774. The SMILES string of the molecule is C[C@@H]1CN(C(=O)COc2ccc(Cl)cc2)[C@H](C)CN1Cc1ccc(F)cc1. The number of piperazine rings is 1. The molecule has 2 aromatic rings. The van der Waals surface area contributed by atoms with Crippen LogP contribution in [0.5, 0.6) is 5.75 Å². The summed E-state index contributed by atoms with van der Waals surface area (Å²) in [6, 6.07) is 13.9. The van der Waals surface area contributed by atoms with Crippen LogP contribution in [0.1, 0.15) is 19.4 Å². The van der Waals surface area contributed by atoms with Crippen molar-refractivity contribution in [3.63, 3.8) is 0 Å². The molecule has 1 aliphatic rings. The minimum Gasteiger partial charge on any atom is -0.484 e. The Morgan fingerprint density at radius 2 is 1.74 bits per heavy atom. The van der Waals surface area contributed by atoms with Gasteiger partial charge in [-0.15, -0.1) is 0 Å². The van der Waals surface area contributed by atoms with Crippen molar-refractivity contribution in [3.05, 3.63) is 64.9 Å². The van der Waals surface area contributed by atoms with Crippen LogP contribution in [-0.4, -0.2) is 47.5 Å². The lowest BCUT2D eigenvalue weighted by Gasteiger charge is -2.44. The predicted molar refractivity (Wildman–Crippen MR) is 104 cm³/mol. The van der Waals surface area contributed by atoms with E-state index in [1.165, 1.54) is 12.1 Å². The van der Waals surface area contributed by atoms with Crippen molar-refractivity contribution in [1.82, 2.24) is 9.80 Å². The number of halogens is 2. The molecule has 2 atom stereocenters. The molecule has 1 aliphatic heterocycles. The van der Waals surface area contributed by atoms with E-state index in [-0.39, 0.29) is 30.4 Å². The van der Waals surface area contributed by atoms with Crippen LogP contribution in [0.2, 0.25) is 5.02 Å². The molecule has 0 unspecified atom stereocenters. The first kappa shape index (κ1) is 19.6. The molecule has 2 aromatic carbocycles. The van der Waals surface area contributed by atoms with E-state index in [0.717, 1.165) is 18.7 Å². The summed E-state index contributed by atoms with van der Waals surface area (Å²) in [6.45, 7) is 6.32. The largest absolute Gasteiger partial charge is 0.484 e. The maximum absolute atomic E-state index is 13.1. The molecule has 1 heterocycles. The second-order valence-electron chi connectivity index (χ2n) is 7.04. The van der Waals surface area contributed by atoms with Gasteiger partial charge in [0.1, 0.15) is 11.6 Å². The second-order valence-corrected chi connectivity index (χ2v) is 7.48. The smallest absolute Gasteiger partial charge is 0.260 e. The van der Waals surface area contributed by atoms with E-state index in [2.05, 4.69) is 11.8 Å². The predicted octanol–water partition coefficient (Wildman–Crippen LogP) is 3.98. The summed E-state index contributed by atoms with van der Waals surface area (Å²) >= 11 is 5.86. The van der Waals surface area contributed by atoms with E-state index in [0.29, 0.717) is 17.3 Å². The molecule has 27 heavy (non-hydrogen) atoms. The van der Waals surface area contributed by atoms with Gasteiger partial charge in [0.25, 0.3) is 5.91 Å². The number of hydrogen-bond donors (Lipinski definition) is 0. The number of carbonyl (C=O) groups is 1. The molecule has 0 aliphatic carbocycles. The molecule has 0 saturated carbocycles. The Balaban J connectivity index is 1.54. The van der Waals surface area contributed by atoms with Crippen molar-refractivity contribution < 1.29 is 13.9 Å². The van der Waals surface area contributed by atoms with Gasteiger partial charge in [-0.1, -0.05) is 23.7 Å². The van der Waals surface area contributed by atoms with Crippen molar-refractivity contribution in [3.8, 4) is 5.75 Å². The number of hydrogen-bond acceptors (Lipinski definition) is 3. The summed E-state index contributed by atoms with van der Waals surface area (Å²) in [5.41, 5.74) is 1.07. The Hall–Kier alpha value is -2.11. The molecule has 0 spiro atoms. The van der Waals surface area contributed by atoms with Gasteiger partial charge >= 0.3 is 0 Å². The monoisotopic (exact) mass is 390 g/mol. The summed E-state index contributed by atoms with van der Waals surface area (Å²) in [5.74, 6) is 0.380. The lowest BCUT2D eigenvalue weighted by molar-refractivity contribution is -0.139. The molecule has 0 N–H and O–H groups in total. The zero-order chi connectivity index (χ0) is 19.4. The molecular weight excluding hydrogens is 367 g/mol. The Bertz CT molecular complexity index is 767. The van der Waals surface area contributed by atoms with Crippen LogP contribution in [0.3, 0.4) is 0 Å². The average Bonchev–Trinajstić information content (AvgIpc) is 2.65. The fourth-order valence-electron chi connectivity index (χ4n) is 3.35. The van der Waals surface area contributed by atoms with Gasteiger partial charge < -0.3 is 9.64 Å². The topological polar surface area (TPSA) is 32.8 Å². The summed E-state index contributed by atoms with van der Waals surface area (Å²) in [4.78, 5) is 16.8. The normalized spacial score (nSPS) is 20.5. The van der Waals surface area contributed by atoms with Crippen LogP contribution in [0.15, 0.2) is 48.5 Å². The molecule has 1 fully saturated rings. The molecule has 0 bridgehead atoms. The van der Waals surface area contributed by atoms with E-state index < -0.39 is 0 Å². The molecular formula is C21H24ClFN2O2. The number of ether oxygens (including phenoxy) is 1. The molecule has 1 saturated heterocycles. The van der Waals surface area contributed by atoms with Crippen molar-refractivity contribution in [1.29, 1.82) is 0 Å². The first-order chi connectivity index (χ1) is 12.9. The maximum atomic E-state index is 13.1. The highest BCUT2D eigenvalue weighted by Crippen LogP contribution is 2.20. The molecule has 0 radical (unpaired) electrons. The van der Waals surface area contributed by atoms with Crippen molar-refractivity contribution in [2.24, 2.45) is 0 Å². The first-order valence-electron chi connectivity index (χ1n) is 9.08. The van der Waals surface area contributed by atoms with E-state index in [4.69, 9.17) is 16.3 Å². The highest BCUT2D eigenvalue weighted by molar-refractivity contribution is 6.30. The van der Waals surface area contributed by atoms with Crippen LogP contribution in [0.4, 0.5) is 4.39 Å². The number of benzene rings is 2. The third-order valence-electron chi connectivity index (χ3n) is 4.91. The average molecular weight is 391 g/mol. The van der Waals surface area contributed by atoms with Gasteiger partial charge in [0.05, 0.1) is 0 Å². The fraction of sp³-hybridized carbons (Fsp3) is 0.381. The van der Waals surface area contributed by atoms with Crippen molar-refractivity contribution in [2.45, 2.75) is 32.5 Å². The van der Waals surface area contributed by atoms with Crippen LogP contribution >= 0.6 is 11.6 Å². The summed E-state index contributed by atoms with van der Waals surface area (Å²) in [6.07, 6.45) is 0. The lowest BCUT2D eigenvalue weighted by Crippen LogP contribution is -2.58. The Morgan fingerprint density at radius 1 is 1.07 bits per heavy atom. The van der Waals surface area contributed by atoms with Gasteiger partial charge in [0, 0.05) is 36.7 Å². The fourth-order valence-corrected chi connectivity index (χ4v) is 3.48. The number of rotatable bonds is 5. The molecule has 6 heteroatoms. The highest BCUT2D eigenvalue weighted by atomic mass is 35.5. The standard InChI is InChI=1S/C21H24ClFN2O2/c1-15-12-25(21(26)14-27-20-9-5-18(22)6-10-20)16(2)11-24(15)13-17-3-7-19(23)8-4-17/h3-10,15-16H,11-14H2,1-2H3/t15-,16-/m1/s1. The van der Waals surface area contributed by atoms with Gasteiger partial charge in [0.15, 0.2) is 6.61 Å². The van der Waals surface area contributed by atoms with Crippen LogP contribution in [0.25, 0.3) is 0 Å². The van der Waals surface area contributed by atoms with Crippen molar-refractivity contribution >= 4 is 17.5 Å². The van der Waals surface area contributed by atoms with Gasteiger partial charge in [-0.25, -0.2) is 4.39 Å². The molecule has 144 valence electrons. The molecule has 0 aromatic heterocycles. The molecule has 4 nitrogen and oxygen atoms in total. The zero-order valence-corrected chi connectivity index (χ0v) is 16.3. The zero-order valence-electron chi connectivity index (χ0n) is 15.6. The summed E-state index contributed by atoms with van der Waals surface area (Å²) in [7, 11) is 0. The third-order valence-corrected chi connectivity index (χ3v) is 5.16.